The van der Waals surface area contributed by atoms with E-state index in [2.05, 4.69) is 120 Å². The Hall–Kier alpha value is -6.63. The molecule has 0 aliphatic heterocycles. The molecule has 11 aromatic rings. The molecule has 0 fully saturated rings. The molecule has 5 nitrogen and oxygen atoms in total. The summed E-state index contributed by atoms with van der Waals surface area (Å²) in [6.07, 6.45) is 0. The maximum atomic E-state index is 6.51. The molecule has 0 radical (unpaired) electrons. The van der Waals surface area contributed by atoms with Crippen molar-refractivity contribution < 1.29 is 4.42 Å². The van der Waals surface area contributed by atoms with Crippen molar-refractivity contribution in [3.05, 3.63) is 158 Å². The number of benzene rings is 7. The summed E-state index contributed by atoms with van der Waals surface area (Å²) < 4.78 is 11.2. The average Bonchev–Trinajstić information content (AvgIpc) is 3.87. The summed E-state index contributed by atoms with van der Waals surface area (Å²) in [6.45, 7) is 0. The van der Waals surface area contributed by atoms with E-state index in [0.717, 1.165) is 60.6 Å². The Morgan fingerprint density at radius 2 is 1.15 bits per heavy atom. The standard InChI is InChI=1S/C45H26N4OS.CH4/c1-3-12-27(13-4-1)30-18-11-20-36-40(30)33-23-22-29(26-37(33)50-36)44-46-43(28-14-5-2-6-15-28)47-45(48-44)49-35-19-9-7-16-31(35)32-24-25-39-41(42(32)49)34-17-8-10-21-38(34)51-39;/h1-26H;1H4. The minimum atomic E-state index is 0. The lowest BCUT2D eigenvalue weighted by Crippen LogP contribution is -2.06. The number of hydrogen-bond donors (Lipinski definition) is 0. The van der Waals surface area contributed by atoms with Gasteiger partial charge in [-0.25, -0.2) is 4.98 Å². The molecule has 0 atom stereocenters. The Bertz CT molecular complexity index is 3140. The number of furan rings is 1. The number of fused-ring (bicyclic) bond motifs is 10. The van der Waals surface area contributed by atoms with Crippen molar-refractivity contribution in [3.8, 4) is 39.9 Å². The number of rotatable bonds is 4. The van der Waals surface area contributed by atoms with Crippen molar-refractivity contribution in [2.45, 2.75) is 7.43 Å². The lowest BCUT2D eigenvalue weighted by atomic mass is 9.99. The first-order valence-corrected chi connectivity index (χ1v) is 17.8. The maximum Gasteiger partial charge on any atom is 0.238 e. The summed E-state index contributed by atoms with van der Waals surface area (Å²) in [5, 5.41) is 6.93. The van der Waals surface area contributed by atoms with E-state index >= 15 is 0 Å². The van der Waals surface area contributed by atoms with Crippen LogP contribution in [0.5, 0.6) is 0 Å². The van der Waals surface area contributed by atoms with Crippen molar-refractivity contribution in [1.82, 2.24) is 19.5 Å². The zero-order valence-electron chi connectivity index (χ0n) is 27.1. The van der Waals surface area contributed by atoms with E-state index in [1.165, 1.54) is 25.6 Å². The Morgan fingerprint density at radius 1 is 0.462 bits per heavy atom. The molecule has 52 heavy (non-hydrogen) atoms. The number of para-hydroxylation sites is 1. The molecule has 6 heteroatoms. The minimum absolute atomic E-state index is 0. The zero-order chi connectivity index (χ0) is 33.5. The minimum Gasteiger partial charge on any atom is -0.456 e. The van der Waals surface area contributed by atoms with Gasteiger partial charge in [0.15, 0.2) is 11.6 Å². The highest BCUT2D eigenvalue weighted by Crippen LogP contribution is 2.43. The van der Waals surface area contributed by atoms with Gasteiger partial charge in [-0.15, -0.1) is 11.3 Å². The van der Waals surface area contributed by atoms with Gasteiger partial charge < -0.3 is 4.42 Å². The molecule has 0 amide bonds. The highest BCUT2D eigenvalue weighted by atomic mass is 32.1. The Labute approximate surface area is 303 Å². The fourth-order valence-corrected chi connectivity index (χ4v) is 8.71. The number of hydrogen-bond acceptors (Lipinski definition) is 5. The quantitative estimate of drug-likeness (QED) is 0.185. The van der Waals surface area contributed by atoms with E-state index in [4.69, 9.17) is 19.4 Å². The van der Waals surface area contributed by atoms with E-state index in [1.807, 2.05) is 53.8 Å². The van der Waals surface area contributed by atoms with E-state index in [-0.39, 0.29) is 7.43 Å². The van der Waals surface area contributed by atoms with E-state index in [0.29, 0.717) is 17.6 Å². The molecule has 0 aliphatic carbocycles. The van der Waals surface area contributed by atoms with Gasteiger partial charge in [0.05, 0.1) is 11.0 Å². The topological polar surface area (TPSA) is 56.7 Å². The molecular formula is C46H30N4OS. The molecule has 7 aromatic carbocycles. The zero-order valence-corrected chi connectivity index (χ0v) is 27.9. The van der Waals surface area contributed by atoms with Crippen LogP contribution >= 0.6 is 11.3 Å². The number of nitrogens with zero attached hydrogens (tertiary/aromatic N) is 4. The third-order valence-electron chi connectivity index (χ3n) is 9.87. The van der Waals surface area contributed by atoms with Crippen LogP contribution in [0.1, 0.15) is 7.43 Å². The molecule has 0 unspecified atom stereocenters. The summed E-state index contributed by atoms with van der Waals surface area (Å²) in [5.74, 6) is 1.77. The number of aromatic nitrogens is 4. The van der Waals surface area contributed by atoms with Gasteiger partial charge in [0.1, 0.15) is 11.2 Å². The van der Waals surface area contributed by atoms with Gasteiger partial charge in [-0.1, -0.05) is 129 Å². The molecule has 0 N–H and O–H groups in total. The van der Waals surface area contributed by atoms with Crippen LogP contribution in [0, 0.1) is 0 Å². The van der Waals surface area contributed by atoms with Crippen LogP contribution < -0.4 is 0 Å². The van der Waals surface area contributed by atoms with Crippen LogP contribution in [0.4, 0.5) is 0 Å². The first kappa shape index (κ1) is 30.2. The second kappa shape index (κ2) is 11.7. The van der Waals surface area contributed by atoms with Crippen LogP contribution in [0.15, 0.2) is 162 Å². The van der Waals surface area contributed by atoms with Crippen LogP contribution in [0.3, 0.4) is 0 Å². The maximum absolute atomic E-state index is 6.51. The van der Waals surface area contributed by atoms with Crippen LogP contribution in [0.25, 0.3) is 104 Å². The normalized spacial score (nSPS) is 11.7. The molecule has 0 saturated carbocycles. The molecule has 246 valence electrons. The largest absolute Gasteiger partial charge is 0.456 e. The van der Waals surface area contributed by atoms with Gasteiger partial charge in [-0.3, -0.25) is 4.57 Å². The lowest BCUT2D eigenvalue weighted by Gasteiger charge is -2.11. The molecule has 0 spiro atoms. The summed E-state index contributed by atoms with van der Waals surface area (Å²) in [4.78, 5) is 15.6. The number of thiophene rings is 1. The smallest absolute Gasteiger partial charge is 0.238 e. The molecule has 0 aliphatic rings. The third kappa shape index (κ3) is 4.51. The van der Waals surface area contributed by atoms with Gasteiger partial charge in [-0.05, 0) is 47.5 Å². The molecule has 0 saturated heterocycles. The van der Waals surface area contributed by atoms with Gasteiger partial charge in [0, 0.05) is 52.8 Å². The highest BCUT2D eigenvalue weighted by Gasteiger charge is 2.22. The van der Waals surface area contributed by atoms with Gasteiger partial charge >= 0.3 is 0 Å². The molecule has 4 heterocycles. The fourth-order valence-electron chi connectivity index (χ4n) is 7.61. The van der Waals surface area contributed by atoms with Crippen LogP contribution in [0.2, 0.25) is 0 Å². The average molecular weight is 687 g/mol. The Kier molecular flexibility index (Phi) is 6.81. The summed E-state index contributed by atoms with van der Waals surface area (Å²) in [5.41, 5.74) is 7.87. The predicted octanol–water partition coefficient (Wildman–Crippen LogP) is 12.9. The SMILES string of the molecule is C.c1ccc(-c2nc(-c3ccc4c(c3)oc3cccc(-c5ccccc5)c34)nc(-n3c4ccccc4c4ccc5sc6ccccc6c5c43)n2)cc1. The van der Waals surface area contributed by atoms with Gasteiger partial charge in [0.2, 0.25) is 5.95 Å². The first-order valence-electron chi connectivity index (χ1n) is 16.9. The van der Waals surface area contributed by atoms with E-state index in [9.17, 15) is 0 Å². The van der Waals surface area contributed by atoms with E-state index in [1.54, 1.807) is 0 Å². The van der Waals surface area contributed by atoms with Gasteiger partial charge in [-0.2, -0.15) is 9.97 Å². The van der Waals surface area contributed by atoms with E-state index < -0.39 is 0 Å². The monoisotopic (exact) mass is 686 g/mol. The highest BCUT2D eigenvalue weighted by molar-refractivity contribution is 7.26. The van der Waals surface area contributed by atoms with Crippen molar-refractivity contribution in [1.29, 1.82) is 0 Å². The second-order valence-electron chi connectivity index (χ2n) is 12.8. The van der Waals surface area contributed by atoms with Crippen LogP contribution in [-0.2, 0) is 0 Å². The molecular weight excluding hydrogens is 657 g/mol. The van der Waals surface area contributed by atoms with Crippen LogP contribution in [-0.4, -0.2) is 19.5 Å². The van der Waals surface area contributed by atoms with Crippen molar-refractivity contribution in [2.75, 3.05) is 0 Å². The second-order valence-corrected chi connectivity index (χ2v) is 13.9. The first-order chi connectivity index (χ1) is 25.3. The Morgan fingerprint density at radius 3 is 1.98 bits per heavy atom. The molecule has 11 rings (SSSR count). The third-order valence-corrected chi connectivity index (χ3v) is 11.0. The van der Waals surface area contributed by atoms with Crippen molar-refractivity contribution in [3.63, 3.8) is 0 Å². The molecule has 0 bridgehead atoms. The summed E-state index contributed by atoms with van der Waals surface area (Å²) >= 11 is 1.82. The Balaban J connectivity index is 0.00000338. The summed E-state index contributed by atoms with van der Waals surface area (Å²) in [7, 11) is 0. The summed E-state index contributed by atoms with van der Waals surface area (Å²) in [6, 6.07) is 54.8. The fraction of sp³-hybridized carbons (Fsp3) is 0.0217. The van der Waals surface area contributed by atoms with Crippen molar-refractivity contribution in [2.24, 2.45) is 0 Å². The van der Waals surface area contributed by atoms with Gasteiger partial charge in [0.25, 0.3) is 0 Å². The predicted molar refractivity (Wildman–Crippen MR) is 217 cm³/mol. The van der Waals surface area contributed by atoms with Crippen molar-refractivity contribution >= 4 is 75.3 Å². The molecule has 4 aromatic heterocycles. The lowest BCUT2D eigenvalue weighted by molar-refractivity contribution is 0.669.